The van der Waals surface area contributed by atoms with E-state index in [1.807, 2.05) is 0 Å². The summed E-state index contributed by atoms with van der Waals surface area (Å²) >= 11 is 0. The number of carboxylic acids is 2. The van der Waals surface area contributed by atoms with Gasteiger partial charge in [0.1, 0.15) is 0 Å². The van der Waals surface area contributed by atoms with Crippen molar-refractivity contribution in [1.82, 2.24) is 0 Å². The van der Waals surface area contributed by atoms with E-state index in [-0.39, 0.29) is 32.3 Å². The molecule has 1 aromatic rings. The second-order valence-corrected chi connectivity index (χ2v) is 3.24. The van der Waals surface area contributed by atoms with Crippen LogP contribution in [0.15, 0.2) is 30.3 Å². The quantitative estimate of drug-likeness (QED) is 0.609. The first-order valence-corrected chi connectivity index (χ1v) is 4.58. The van der Waals surface area contributed by atoms with Gasteiger partial charge in [-0.05, 0) is 12.0 Å². The van der Waals surface area contributed by atoms with Crippen molar-refractivity contribution in [2.24, 2.45) is 0 Å². The minimum absolute atomic E-state index is 0. The van der Waals surface area contributed by atoms with E-state index in [0.29, 0.717) is 5.56 Å². The summed E-state index contributed by atoms with van der Waals surface area (Å²) in [7, 11) is 0. The summed E-state index contributed by atoms with van der Waals surface area (Å²) in [6.07, 6.45) is 0.0156. The summed E-state index contributed by atoms with van der Waals surface area (Å²) in [5.74, 6) is -2.66. The van der Waals surface area contributed by atoms with Crippen molar-refractivity contribution in [3.63, 3.8) is 0 Å². The van der Waals surface area contributed by atoms with Crippen molar-refractivity contribution < 1.29 is 22.7 Å². The number of aliphatic carboxylic acids is 2. The molecule has 0 fully saturated rings. The summed E-state index contributed by atoms with van der Waals surface area (Å²) in [6.45, 7) is 1.55. The van der Waals surface area contributed by atoms with Crippen molar-refractivity contribution in [2.45, 2.75) is 18.8 Å². The van der Waals surface area contributed by atoms with E-state index < -0.39 is 17.4 Å². The van der Waals surface area contributed by atoms with Crippen molar-refractivity contribution in [3.05, 3.63) is 35.9 Å². The van der Waals surface area contributed by atoms with Crippen LogP contribution in [0.5, 0.6) is 0 Å². The van der Waals surface area contributed by atoms with Crippen molar-refractivity contribution >= 4 is 35.0 Å². The maximum absolute atomic E-state index is 11.1. The first-order chi connectivity index (χ1) is 7.05. The van der Waals surface area contributed by atoms with Gasteiger partial charge in [-0.25, -0.2) is 0 Å². The number of rotatable bonds is 4. The molecule has 0 aliphatic heterocycles. The zero-order chi connectivity index (χ0) is 11.5. The van der Waals surface area contributed by atoms with E-state index in [1.54, 1.807) is 25.1 Å². The molecule has 0 aromatic heterocycles. The Bertz CT molecular complexity index is 370. The molecule has 16 heavy (non-hydrogen) atoms. The van der Waals surface area contributed by atoms with Crippen molar-refractivity contribution in [1.29, 1.82) is 0 Å². The van der Waals surface area contributed by atoms with Gasteiger partial charge in [-0.15, -0.1) is 0 Å². The molecule has 84 valence electrons. The fourth-order valence-corrected chi connectivity index (χ4v) is 1.57. The summed E-state index contributed by atoms with van der Waals surface area (Å²) in [4.78, 5) is 22.2. The van der Waals surface area contributed by atoms with Gasteiger partial charge in [0.15, 0.2) is 5.41 Å². The Morgan fingerprint density at radius 3 is 1.94 bits per heavy atom. The van der Waals surface area contributed by atoms with E-state index in [9.17, 15) is 9.59 Å². The van der Waals surface area contributed by atoms with Crippen LogP contribution in [0.1, 0.15) is 21.8 Å². The molecule has 0 atom stereocenters. The van der Waals surface area contributed by atoms with Gasteiger partial charge in [-0.2, -0.15) is 0 Å². The Kier molecular flexibility index (Phi) is 5.47. The van der Waals surface area contributed by atoms with E-state index in [1.165, 1.54) is 12.1 Å². The normalized spacial score (nSPS) is 10.3. The Balaban J connectivity index is -0.000000750. The molecular weight excluding hydrogens is 220 g/mol. The maximum Gasteiger partial charge on any atom is 2.00 e. The standard InChI is InChI=1S/C11H12O4.Mg.2H/c1-2-11(9(12)13,10(14)15)8-6-4-3-5-7-8;;;/h3-7H,2H2,1H3,(H,12,13)(H,14,15);;;/q;+2;2*-1. The van der Waals surface area contributed by atoms with Crippen LogP contribution in [0.25, 0.3) is 0 Å². The largest absolute Gasteiger partial charge is 2.00 e. The smallest absolute Gasteiger partial charge is 1.00 e. The van der Waals surface area contributed by atoms with Crippen LogP contribution in [0.4, 0.5) is 0 Å². The topological polar surface area (TPSA) is 74.6 Å². The molecule has 0 saturated carbocycles. The van der Waals surface area contributed by atoms with Gasteiger partial charge >= 0.3 is 35.0 Å². The Hall–Kier alpha value is -1.07. The van der Waals surface area contributed by atoms with E-state index in [4.69, 9.17) is 10.2 Å². The van der Waals surface area contributed by atoms with Gasteiger partial charge < -0.3 is 13.1 Å². The zero-order valence-electron chi connectivity index (χ0n) is 11.0. The Morgan fingerprint density at radius 1 is 1.19 bits per heavy atom. The minimum Gasteiger partial charge on any atom is -1.00 e. The molecule has 1 rings (SSSR count). The predicted molar refractivity (Wildman–Crippen MR) is 61.7 cm³/mol. The molecule has 0 amide bonds. The molecule has 0 heterocycles. The molecule has 0 radical (unpaired) electrons. The third-order valence-corrected chi connectivity index (χ3v) is 2.53. The molecule has 5 heteroatoms. The molecule has 2 N–H and O–H groups in total. The van der Waals surface area contributed by atoms with Crippen LogP contribution < -0.4 is 0 Å². The molecule has 0 spiro atoms. The monoisotopic (exact) mass is 234 g/mol. The van der Waals surface area contributed by atoms with E-state index in [2.05, 4.69) is 0 Å². The molecule has 0 bridgehead atoms. The third-order valence-electron chi connectivity index (χ3n) is 2.53. The summed E-state index contributed by atoms with van der Waals surface area (Å²) in [6, 6.07) is 8.02. The van der Waals surface area contributed by atoms with Gasteiger partial charge in [0, 0.05) is 0 Å². The average Bonchev–Trinajstić information content (AvgIpc) is 2.20. The number of benzene rings is 1. The summed E-state index contributed by atoms with van der Waals surface area (Å²) < 4.78 is 0. The van der Waals surface area contributed by atoms with Crippen LogP contribution in [0, 0.1) is 0 Å². The molecule has 0 aliphatic carbocycles. The fraction of sp³-hybridized carbons (Fsp3) is 0.273. The molecule has 0 unspecified atom stereocenters. The van der Waals surface area contributed by atoms with Crippen LogP contribution in [-0.2, 0) is 15.0 Å². The number of hydrogen-bond donors (Lipinski definition) is 2. The predicted octanol–water partition coefficient (Wildman–Crippen LogP) is 1.35. The maximum atomic E-state index is 11.1. The van der Waals surface area contributed by atoms with Gasteiger partial charge in [0.05, 0.1) is 0 Å². The van der Waals surface area contributed by atoms with E-state index in [0.717, 1.165) is 0 Å². The second-order valence-electron chi connectivity index (χ2n) is 3.24. The van der Waals surface area contributed by atoms with Gasteiger partial charge in [-0.3, -0.25) is 9.59 Å². The summed E-state index contributed by atoms with van der Waals surface area (Å²) in [5.41, 5.74) is -1.53. The molecule has 0 saturated heterocycles. The first-order valence-electron chi connectivity index (χ1n) is 4.58. The van der Waals surface area contributed by atoms with Crippen molar-refractivity contribution in [2.75, 3.05) is 0 Å². The van der Waals surface area contributed by atoms with Crippen LogP contribution in [0.2, 0.25) is 0 Å². The van der Waals surface area contributed by atoms with Crippen LogP contribution >= 0.6 is 0 Å². The Labute approximate surface area is 112 Å². The second kappa shape index (κ2) is 5.86. The van der Waals surface area contributed by atoms with Crippen LogP contribution in [-0.4, -0.2) is 45.2 Å². The Morgan fingerprint density at radius 2 is 1.62 bits per heavy atom. The average molecular weight is 235 g/mol. The van der Waals surface area contributed by atoms with Gasteiger partial charge in [0.25, 0.3) is 0 Å². The summed E-state index contributed by atoms with van der Waals surface area (Å²) in [5, 5.41) is 18.1. The van der Waals surface area contributed by atoms with Crippen molar-refractivity contribution in [3.8, 4) is 0 Å². The SMILES string of the molecule is CCC(C(=O)O)(C(=O)O)c1ccccc1.[H-].[H-].[Mg+2]. The number of hydrogen-bond acceptors (Lipinski definition) is 2. The molecular formula is C11H14MgO4. The fourth-order valence-electron chi connectivity index (χ4n) is 1.57. The number of carbonyl (C=O) groups is 2. The number of carboxylic acid groups (broad SMARTS) is 2. The molecule has 1 aromatic carbocycles. The minimum atomic E-state index is -1.83. The first kappa shape index (κ1) is 14.9. The van der Waals surface area contributed by atoms with Gasteiger partial charge in [0.2, 0.25) is 0 Å². The van der Waals surface area contributed by atoms with Crippen LogP contribution in [0.3, 0.4) is 0 Å². The third kappa shape index (κ3) is 2.36. The van der Waals surface area contributed by atoms with E-state index >= 15 is 0 Å². The van der Waals surface area contributed by atoms with Gasteiger partial charge in [-0.1, -0.05) is 37.3 Å². The molecule has 0 aliphatic rings. The zero-order valence-corrected chi connectivity index (χ0v) is 10.4. The molecule has 4 nitrogen and oxygen atoms in total.